The number of nitrogens with zero attached hydrogens (tertiary/aromatic N) is 2. The summed E-state index contributed by atoms with van der Waals surface area (Å²) in [4.78, 5) is 16.7. The van der Waals surface area contributed by atoms with E-state index in [0.717, 1.165) is 24.3 Å². The van der Waals surface area contributed by atoms with Crippen LogP contribution in [0.5, 0.6) is 17.2 Å². The van der Waals surface area contributed by atoms with Gasteiger partial charge in [-0.05, 0) is 42.0 Å². The Morgan fingerprint density at radius 2 is 1.62 bits per heavy atom. The Labute approximate surface area is 153 Å². The van der Waals surface area contributed by atoms with Crippen LogP contribution < -0.4 is 14.4 Å². The molecule has 1 aliphatic rings. The van der Waals surface area contributed by atoms with Gasteiger partial charge in [0, 0.05) is 31.9 Å². The molecule has 0 unspecified atom stereocenters. The minimum absolute atomic E-state index is 0.113. The molecule has 1 saturated heterocycles. The molecule has 2 aromatic rings. The Morgan fingerprint density at radius 3 is 2.23 bits per heavy atom. The molecule has 0 radical (unpaired) electrons. The number of methoxy groups -OCH3 is 2. The molecule has 0 spiro atoms. The van der Waals surface area contributed by atoms with Crippen molar-refractivity contribution in [2.75, 3.05) is 45.3 Å². The van der Waals surface area contributed by atoms with Crippen molar-refractivity contribution in [3.8, 4) is 17.2 Å². The molecule has 0 atom stereocenters. The van der Waals surface area contributed by atoms with E-state index in [0.29, 0.717) is 31.0 Å². The van der Waals surface area contributed by atoms with Gasteiger partial charge in [0.25, 0.3) is 0 Å². The largest absolute Gasteiger partial charge is 0.508 e. The van der Waals surface area contributed by atoms with Crippen LogP contribution >= 0.6 is 0 Å². The fourth-order valence-corrected chi connectivity index (χ4v) is 3.15. The summed E-state index contributed by atoms with van der Waals surface area (Å²) >= 11 is 0. The Hall–Kier alpha value is -2.89. The molecule has 6 nitrogen and oxygen atoms in total. The first-order valence-corrected chi connectivity index (χ1v) is 8.63. The van der Waals surface area contributed by atoms with Crippen molar-refractivity contribution in [2.45, 2.75) is 6.42 Å². The number of ether oxygens (including phenoxy) is 2. The molecule has 0 bridgehead atoms. The number of aromatic hydroxyl groups is 1. The fraction of sp³-hybridized carbons (Fsp3) is 0.350. The predicted octanol–water partition coefficient (Wildman–Crippen LogP) is 2.30. The summed E-state index contributed by atoms with van der Waals surface area (Å²) in [5.74, 6) is 1.67. The molecule has 1 amide bonds. The van der Waals surface area contributed by atoms with Crippen LogP contribution in [0.1, 0.15) is 5.56 Å². The second kappa shape index (κ2) is 7.99. The highest BCUT2D eigenvalue weighted by molar-refractivity contribution is 5.79. The molecular formula is C20H24N2O4. The molecule has 1 N–H and O–H groups in total. The topological polar surface area (TPSA) is 62.2 Å². The molecule has 0 saturated carbocycles. The lowest BCUT2D eigenvalue weighted by Gasteiger charge is -2.36. The molecule has 0 aromatic heterocycles. The van der Waals surface area contributed by atoms with Crippen LogP contribution in [0.3, 0.4) is 0 Å². The van der Waals surface area contributed by atoms with Crippen LogP contribution in [0, 0.1) is 0 Å². The number of amides is 1. The molecule has 138 valence electrons. The van der Waals surface area contributed by atoms with Gasteiger partial charge in [-0.2, -0.15) is 0 Å². The maximum Gasteiger partial charge on any atom is 0.227 e. The molecule has 2 aromatic carbocycles. The first-order valence-electron chi connectivity index (χ1n) is 8.63. The van der Waals surface area contributed by atoms with Gasteiger partial charge in [0.1, 0.15) is 5.75 Å². The number of phenolic OH excluding ortho intramolecular Hbond substituents is 1. The number of carbonyl (C=O) groups is 1. The number of anilines is 1. The maximum atomic E-state index is 12.6. The van der Waals surface area contributed by atoms with Gasteiger partial charge in [0.05, 0.1) is 20.6 Å². The van der Waals surface area contributed by atoms with Gasteiger partial charge in [-0.15, -0.1) is 0 Å². The zero-order valence-corrected chi connectivity index (χ0v) is 15.1. The predicted molar refractivity (Wildman–Crippen MR) is 100 cm³/mol. The number of benzene rings is 2. The third-order valence-electron chi connectivity index (χ3n) is 4.65. The van der Waals surface area contributed by atoms with E-state index in [1.807, 2.05) is 35.2 Å². The normalized spacial score (nSPS) is 14.2. The van der Waals surface area contributed by atoms with E-state index >= 15 is 0 Å². The average molecular weight is 356 g/mol. The summed E-state index contributed by atoms with van der Waals surface area (Å²) in [6.07, 6.45) is 0.347. The van der Waals surface area contributed by atoms with Crippen LogP contribution in [0.25, 0.3) is 0 Å². The van der Waals surface area contributed by atoms with E-state index in [9.17, 15) is 9.90 Å². The van der Waals surface area contributed by atoms with E-state index in [-0.39, 0.29) is 11.7 Å². The van der Waals surface area contributed by atoms with E-state index in [1.54, 1.807) is 26.4 Å². The van der Waals surface area contributed by atoms with Crippen LogP contribution in [0.15, 0.2) is 42.5 Å². The number of piperazine rings is 1. The van der Waals surface area contributed by atoms with Gasteiger partial charge in [-0.1, -0.05) is 6.07 Å². The van der Waals surface area contributed by atoms with E-state index in [4.69, 9.17) is 9.47 Å². The Kier molecular flexibility index (Phi) is 5.51. The lowest BCUT2D eigenvalue weighted by molar-refractivity contribution is -0.130. The lowest BCUT2D eigenvalue weighted by atomic mass is 10.1. The van der Waals surface area contributed by atoms with E-state index < -0.39 is 0 Å². The first kappa shape index (κ1) is 17.9. The van der Waals surface area contributed by atoms with Crippen molar-refractivity contribution in [1.29, 1.82) is 0 Å². The Morgan fingerprint density at radius 1 is 0.962 bits per heavy atom. The number of hydrogen-bond donors (Lipinski definition) is 1. The second-order valence-electron chi connectivity index (χ2n) is 6.25. The summed E-state index contributed by atoms with van der Waals surface area (Å²) in [5, 5.41) is 9.39. The van der Waals surface area contributed by atoms with Gasteiger partial charge in [0.2, 0.25) is 5.91 Å². The van der Waals surface area contributed by atoms with Gasteiger partial charge in [-0.25, -0.2) is 0 Å². The molecule has 26 heavy (non-hydrogen) atoms. The molecule has 3 rings (SSSR count). The molecule has 6 heteroatoms. The first-order chi connectivity index (χ1) is 12.6. The second-order valence-corrected chi connectivity index (χ2v) is 6.25. The van der Waals surface area contributed by atoms with Gasteiger partial charge >= 0.3 is 0 Å². The van der Waals surface area contributed by atoms with Crippen LogP contribution in [0.4, 0.5) is 5.69 Å². The molecular weight excluding hydrogens is 332 g/mol. The Balaban J connectivity index is 1.57. The Bertz CT molecular complexity index is 753. The molecule has 0 aliphatic carbocycles. The van der Waals surface area contributed by atoms with Crippen LogP contribution in [-0.4, -0.2) is 56.3 Å². The van der Waals surface area contributed by atoms with E-state index in [1.165, 1.54) is 0 Å². The van der Waals surface area contributed by atoms with E-state index in [2.05, 4.69) is 4.90 Å². The van der Waals surface area contributed by atoms with Crippen molar-refractivity contribution >= 4 is 11.6 Å². The molecule has 1 heterocycles. The maximum absolute atomic E-state index is 12.6. The average Bonchev–Trinajstić information content (AvgIpc) is 2.68. The smallest absolute Gasteiger partial charge is 0.227 e. The molecule has 1 fully saturated rings. The van der Waals surface area contributed by atoms with Crippen molar-refractivity contribution in [3.63, 3.8) is 0 Å². The third kappa shape index (κ3) is 4.02. The summed E-state index contributed by atoms with van der Waals surface area (Å²) in [7, 11) is 3.18. The SMILES string of the molecule is COc1ccc(CC(=O)N2CCN(c3ccc(O)cc3)CC2)cc1OC. The highest BCUT2D eigenvalue weighted by atomic mass is 16.5. The quantitative estimate of drug-likeness (QED) is 0.891. The zero-order chi connectivity index (χ0) is 18.5. The van der Waals surface area contributed by atoms with Gasteiger partial charge in [-0.3, -0.25) is 4.79 Å². The zero-order valence-electron chi connectivity index (χ0n) is 15.1. The van der Waals surface area contributed by atoms with Gasteiger partial charge in [0.15, 0.2) is 11.5 Å². The van der Waals surface area contributed by atoms with Crippen molar-refractivity contribution in [2.24, 2.45) is 0 Å². The number of phenols is 1. The number of hydrogen-bond acceptors (Lipinski definition) is 5. The summed E-state index contributed by atoms with van der Waals surface area (Å²) in [5.41, 5.74) is 1.98. The van der Waals surface area contributed by atoms with Crippen molar-refractivity contribution in [3.05, 3.63) is 48.0 Å². The highest BCUT2D eigenvalue weighted by Gasteiger charge is 2.21. The number of rotatable bonds is 5. The fourth-order valence-electron chi connectivity index (χ4n) is 3.15. The molecule has 1 aliphatic heterocycles. The standard InChI is InChI=1S/C20H24N2O4/c1-25-18-8-3-15(13-19(18)26-2)14-20(24)22-11-9-21(10-12-22)16-4-6-17(23)7-5-16/h3-8,13,23H,9-12,14H2,1-2H3. The summed E-state index contributed by atoms with van der Waals surface area (Å²) < 4.78 is 10.5. The summed E-state index contributed by atoms with van der Waals surface area (Å²) in [6, 6.07) is 12.7. The third-order valence-corrected chi connectivity index (χ3v) is 4.65. The van der Waals surface area contributed by atoms with Crippen LogP contribution in [0.2, 0.25) is 0 Å². The minimum atomic E-state index is 0.113. The van der Waals surface area contributed by atoms with Crippen LogP contribution in [-0.2, 0) is 11.2 Å². The highest BCUT2D eigenvalue weighted by Crippen LogP contribution is 2.28. The monoisotopic (exact) mass is 356 g/mol. The lowest BCUT2D eigenvalue weighted by Crippen LogP contribution is -2.49. The van der Waals surface area contributed by atoms with Crippen molar-refractivity contribution in [1.82, 2.24) is 4.90 Å². The van der Waals surface area contributed by atoms with Gasteiger partial charge < -0.3 is 24.4 Å². The minimum Gasteiger partial charge on any atom is -0.508 e. The number of carbonyl (C=O) groups excluding carboxylic acids is 1. The summed E-state index contributed by atoms with van der Waals surface area (Å²) in [6.45, 7) is 2.94. The van der Waals surface area contributed by atoms with Crippen molar-refractivity contribution < 1.29 is 19.4 Å².